The molecule has 26 heavy (non-hydrogen) atoms. The maximum atomic E-state index is 12.2. The van der Waals surface area contributed by atoms with Gasteiger partial charge in [0.15, 0.2) is 5.13 Å². The normalized spacial score (nSPS) is 10.9. The number of nitrogens with zero attached hydrogens (tertiary/aromatic N) is 1. The van der Waals surface area contributed by atoms with Crippen molar-refractivity contribution >= 4 is 56.0 Å². The highest BCUT2D eigenvalue weighted by molar-refractivity contribution is 7.99. The van der Waals surface area contributed by atoms with Gasteiger partial charge in [0.2, 0.25) is 5.91 Å². The molecule has 3 rings (SSSR count). The Morgan fingerprint density at radius 1 is 1.27 bits per heavy atom. The standard InChI is InChI=1S/C19H19ClN2O2S2/c1-12-5-10-15(20)18-17(12)22-19(26-18)21-16(23)4-3-11-25-14-8-6-13(24-2)7-9-14/h5-10H,3-4,11H2,1-2H3,(H,21,22,23). The zero-order valence-corrected chi connectivity index (χ0v) is 16.9. The quantitative estimate of drug-likeness (QED) is 0.399. The Labute approximate surface area is 165 Å². The van der Waals surface area contributed by atoms with Crippen LogP contribution in [0.1, 0.15) is 18.4 Å². The molecule has 0 aliphatic heterocycles. The van der Waals surface area contributed by atoms with Crippen molar-refractivity contribution in [3.8, 4) is 5.75 Å². The van der Waals surface area contributed by atoms with Gasteiger partial charge in [0.1, 0.15) is 5.75 Å². The Balaban J connectivity index is 1.48. The van der Waals surface area contributed by atoms with Crippen LogP contribution in [0.3, 0.4) is 0 Å². The fraction of sp³-hybridized carbons (Fsp3) is 0.263. The Morgan fingerprint density at radius 3 is 2.73 bits per heavy atom. The van der Waals surface area contributed by atoms with Gasteiger partial charge in [0.05, 0.1) is 22.3 Å². The van der Waals surface area contributed by atoms with Crippen LogP contribution in [0.4, 0.5) is 5.13 Å². The van der Waals surface area contributed by atoms with Gasteiger partial charge in [-0.2, -0.15) is 0 Å². The molecule has 1 heterocycles. The van der Waals surface area contributed by atoms with Crippen LogP contribution in [0, 0.1) is 6.92 Å². The lowest BCUT2D eigenvalue weighted by Gasteiger charge is -2.04. The number of amides is 1. The fourth-order valence-electron chi connectivity index (χ4n) is 2.43. The van der Waals surface area contributed by atoms with Crippen LogP contribution in [0.2, 0.25) is 5.02 Å². The number of nitrogens with one attached hydrogen (secondary N) is 1. The first-order valence-electron chi connectivity index (χ1n) is 8.19. The summed E-state index contributed by atoms with van der Waals surface area (Å²) in [5, 5.41) is 4.15. The zero-order valence-electron chi connectivity index (χ0n) is 14.5. The van der Waals surface area contributed by atoms with Gasteiger partial charge in [-0.1, -0.05) is 29.0 Å². The van der Waals surface area contributed by atoms with Crippen molar-refractivity contribution in [2.45, 2.75) is 24.7 Å². The van der Waals surface area contributed by atoms with Gasteiger partial charge < -0.3 is 10.1 Å². The number of aryl methyl sites for hydroxylation is 1. The monoisotopic (exact) mass is 406 g/mol. The van der Waals surface area contributed by atoms with E-state index in [-0.39, 0.29) is 5.91 Å². The molecule has 1 amide bonds. The molecule has 0 unspecified atom stereocenters. The molecule has 1 N–H and O–H groups in total. The number of ether oxygens (including phenoxy) is 1. The molecule has 1 aromatic heterocycles. The molecule has 0 radical (unpaired) electrons. The molecule has 0 aliphatic rings. The third kappa shape index (κ3) is 4.69. The molecule has 0 fully saturated rings. The van der Waals surface area contributed by atoms with Crippen molar-refractivity contribution in [2.75, 3.05) is 18.2 Å². The second kappa shape index (κ2) is 8.75. The summed E-state index contributed by atoms with van der Waals surface area (Å²) in [5.41, 5.74) is 1.91. The second-order valence-electron chi connectivity index (χ2n) is 5.74. The third-order valence-corrected chi connectivity index (χ3v) is 6.35. The summed E-state index contributed by atoms with van der Waals surface area (Å²) in [6, 6.07) is 11.7. The Kier molecular flexibility index (Phi) is 6.40. The van der Waals surface area contributed by atoms with Crippen LogP contribution < -0.4 is 10.1 Å². The predicted molar refractivity (Wildman–Crippen MR) is 111 cm³/mol. The average Bonchev–Trinajstić information content (AvgIpc) is 3.07. The average molecular weight is 407 g/mol. The highest BCUT2D eigenvalue weighted by Crippen LogP contribution is 2.33. The number of thiazole rings is 1. The Bertz CT molecular complexity index is 871. The van der Waals surface area contributed by atoms with Crippen LogP contribution in [0.5, 0.6) is 5.75 Å². The number of aromatic nitrogens is 1. The van der Waals surface area contributed by atoms with Crippen molar-refractivity contribution < 1.29 is 9.53 Å². The van der Waals surface area contributed by atoms with Gasteiger partial charge in [-0.15, -0.1) is 11.8 Å². The van der Waals surface area contributed by atoms with Crippen molar-refractivity contribution in [2.24, 2.45) is 0 Å². The van der Waals surface area contributed by atoms with Gasteiger partial charge in [0, 0.05) is 11.3 Å². The van der Waals surface area contributed by atoms with Gasteiger partial charge in [0.25, 0.3) is 0 Å². The smallest absolute Gasteiger partial charge is 0.226 e. The molecule has 4 nitrogen and oxygen atoms in total. The second-order valence-corrected chi connectivity index (χ2v) is 8.31. The molecule has 2 aromatic carbocycles. The molecular formula is C19H19ClN2O2S2. The van der Waals surface area contributed by atoms with E-state index in [4.69, 9.17) is 16.3 Å². The highest BCUT2D eigenvalue weighted by Gasteiger charge is 2.11. The minimum absolute atomic E-state index is 0.0202. The van der Waals surface area contributed by atoms with E-state index < -0.39 is 0 Å². The lowest BCUT2D eigenvalue weighted by Crippen LogP contribution is -2.11. The number of hydrogen-bond acceptors (Lipinski definition) is 5. The number of hydrogen-bond donors (Lipinski definition) is 1. The van der Waals surface area contributed by atoms with Crippen LogP contribution in [0.15, 0.2) is 41.3 Å². The van der Waals surface area contributed by atoms with Gasteiger partial charge >= 0.3 is 0 Å². The first-order valence-corrected chi connectivity index (χ1v) is 10.4. The molecule has 0 saturated carbocycles. The molecular weight excluding hydrogens is 388 g/mol. The number of fused-ring (bicyclic) bond motifs is 1. The summed E-state index contributed by atoms with van der Waals surface area (Å²) in [5.74, 6) is 1.71. The summed E-state index contributed by atoms with van der Waals surface area (Å²) in [6.07, 6.45) is 1.26. The predicted octanol–water partition coefficient (Wildman–Crippen LogP) is 5.78. The number of thioether (sulfide) groups is 1. The van der Waals surface area contributed by atoms with E-state index in [1.54, 1.807) is 18.9 Å². The van der Waals surface area contributed by atoms with Crippen LogP contribution in [-0.2, 0) is 4.79 Å². The molecule has 0 saturated heterocycles. The van der Waals surface area contributed by atoms with E-state index in [1.807, 2.05) is 43.3 Å². The van der Waals surface area contributed by atoms with Crippen LogP contribution >= 0.6 is 34.7 Å². The summed E-state index contributed by atoms with van der Waals surface area (Å²) < 4.78 is 6.06. The minimum Gasteiger partial charge on any atom is -0.497 e. The van der Waals surface area contributed by atoms with E-state index >= 15 is 0 Å². The maximum absolute atomic E-state index is 12.2. The molecule has 7 heteroatoms. The Hall–Kier alpha value is -1.76. The van der Waals surface area contributed by atoms with Gasteiger partial charge in [-0.25, -0.2) is 4.98 Å². The summed E-state index contributed by atoms with van der Waals surface area (Å²) in [4.78, 5) is 17.8. The van der Waals surface area contributed by atoms with E-state index in [0.717, 1.165) is 33.7 Å². The van der Waals surface area contributed by atoms with Gasteiger partial charge in [-0.3, -0.25) is 4.79 Å². The zero-order chi connectivity index (χ0) is 18.5. The lowest BCUT2D eigenvalue weighted by molar-refractivity contribution is -0.116. The van der Waals surface area contributed by atoms with Crippen molar-refractivity contribution in [3.05, 3.63) is 47.0 Å². The van der Waals surface area contributed by atoms with E-state index in [2.05, 4.69) is 10.3 Å². The van der Waals surface area contributed by atoms with E-state index in [0.29, 0.717) is 16.6 Å². The molecule has 0 aliphatic carbocycles. The number of halogens is 1. The first kappa shape index (κ1) is 19.0. The van der Waals surface area contributed by atoms with Crippen LogP contribution in [-0.4, -0.2) is 23.8 Å². The van der Waals surface area contributed by atoms with Gasteiger partial charge in [-0.05, 0) is 55.0 Å². The first-order chi connectivity index (χ1) is 12.6. The van der Waals surface area contributed by atoms with E-state index in [9.17, 15) is 4.79 Å². The number of methoxy groups -OCH3 is 1. The lowest BCUT2D eigenvalue weighted by atomic mass is 10.2. The number of rotatable bonds is 7. The third-order valence-electron chi connectivity index (χ3n) is 3.82. The number of carbonyl (C=O) groups excluding carboxylic acids is 1. The molecule has 136 valence electrons. The summed E-state index contributed by atoms with van der Waals surface area (Å²) >= 11 is 9.35. The van der Waals surface area contributed by atoms with Crippen molar-refractivity contribution in [1.29, 1.82) is 0 Å². The maximum Gasteiger partial charge on any atom is 0.226 e. The van der Waals surface area contributed by atoms with E-state index in [1.165, 1.54) is 16.2 Å². The summed E-state index contributed by atoms with van der Waals surface area (Å²) in [7, 11) is 1.65. The number of benzene rings is 2. The fourth-order valence-corrected chi connectivity index (χ4v) is 4.52. The van der Waals surface area contributed by atoms with Crippen molar-refractivity contribution in [1.82, 2.24) is 4.98 Å². The molecule has 0 atom stereocenters. The van der Waals surface area contributed by atoms with Crippen LogP contribution in [0.25, 0.3) is 10.2 Å². The summed E-state index contributed by atoms with van der Waals surface area (Å²) in [6.45, 7) is 1.99. The largest absolute Gasteiger partial charge is 0.497 e. The Morgan fingerprint density at radius 2 is 2.04 bits per heavy atom. The topological polar surface area (TPSA) is 51.2 Å². The number of carbonyl (C=O) groups is 1. The SMILES string of the molecule is COc1ccc(SCCCC(=O)Nc2nc3c(C)ccc(Cl)c3s2)cc1. The molecule has 3 aromatic rings. The highest BCUT2D eigenvalue weighted by atomic mass is 35.5. The minimum atomic E-state index is -0.0202. The molecule has 0 bridgehead atoms. The van der Waals surface area contributed by atoms with Crippen molar-refractivity contribution in [3.63, 3.8) is 0 Å². The molecule has 0 spiro atoms. The number of anilines is 1.